The summed E-state index contributed by atoms with van der Waals surface area (Å²) in [5.41, 5.74) is 0.428. The second-order valence-electron chi connectivity index (χ2n) is 6.27. The van der Waals surface area contributed by atoms with Gasteiger partial charge in [0.1, 0.15) is 0 Å². The van der Waals surface area contributed by atoms with E-state index in [9.17, 15) is 4.79 Å². The van der Waals surface area contributed by atoms with Gasteiger partial charge in [0.25, 0.3) is 5.91 Å². The van der Waals surface area contributed by atoms with E-state index >= 15 is 0 Å². The third-order valence-electron chi connectivity index (χ3n) is 3.98. The van der Waals surface area contributed by atoms with Gasteiger partial charge in [-0.2, -0.15) is 0 Å². The van der Waals surface area contributed by atoms with Crippen molar-refractivity contribution in [3.8, 4) is 23.0 Å². The standard InChI is InChI=1S/C18H28N2O5/c1-12(2)11-25-15-13(18(21)20-8-6-19-7-9-20)10-14(22-3)16(23-4)17(15)24-5/h10,12,19H,6-9,11H2,1-5H3. The summed E-state index contributed by atoms with van der Waals surface area (Å²) in [5.74, 6) is 1.84. The lowest BCUT2D eigenvalue weighted by Gasteiger charge is -2.29. The number of amides is 1. The lowest BCUT2D eigenvalue weighted by atomic mass is 10.1. The van der Waals surface area contributed by atoms with Crippen LogP contribution in [0.3, 0.4) is 0 Å². The van der Waals surface area contributed by atoms with Gasteiger partial charge in [0.15, 0.2) is 11.5 Å². The quantitative estimate of drug-likeness (QED) is 0.807. The van der Waals surface area contributed by atoms with Gasteiger partial charge in [-0.3, -0.25) is 4.79 Å². The highest BCUT2D eigenvalue weighted by molar-refractivity contribution is 5.99. The molecule has 1 aliphatic heterocycles. The molecule has 0 saturated carbocycles. The van der Waals surface area contributed by atoms with Crippen LogP contribution in [-0.2, 0) is 0 Å². The molecule has 7 nitrogen and oxygen atoms in total. The van der Waals surface area contributed by atoms with E-state index in [1.54, 1.807) is 11.0 Å². The molecule has 1 aromatic rings. The molecule has 0 bridgehead atoms. The predicted molar refractivity (Wildman–Crippen MR) is 95.2 cm³/mol. The van der Waals surface area contributed by atoms with E-state index in [4.69, 9.17) is 18.9 Å². The topological polar surface area (TPSA) is 69.3 Å². The molecular weight excluding hydrogens is 324 g/mol. The van der Waals surface area contributed by atoms with Gasteiger partial charge in [-0.1, -0.05) is 13.8 Å². The molecule has 1 N–H and O–H groups in total. The zero-order valence-electron chi connectivity index (χ0n) is 15.7. The predicted octanol–water partition coefficient (Wildman–Crippen LogP) is 1.79. The van der Waals surface area contributed by atoms with Crippen molar-refractivity contribution in [1.82, 2.24) is 10.2 Å². The molecule has 0 aromatic heterocycles. The third-order valence-corrected chi connectivity index (χ3v) is 3.98. The maximum Gasteiger partial charge on any atom is 0.258 e. The van der Waals surface area contributed by atoms with Gasteiger partial charge in [-0.25, -0.2) is 0 Å². The molecule has 1 fully saturated rings. The van der Waals surface area contributed by atoms with Crippen LogP contribution in [0.25, 0.3) is 0 Å². The minimum absolute atomic E-state index is 0.0977. The molecule has 25 heavy (non-hydrogen) atoms. The maximum absolute atomic E-state index is 13.1. The molecule has 1 heterocycles. The van der Waals surface area contributed by atoms with E-state index in [-0.39, 0.29) is 5.91 Å². The Hall–Kier alpha value is -2.15. The van der Waals surface area contributed by atoms with Crippen LogP contribution in [0.15, 0.2) is 6.07 Å². The van der Waals surface area contributed by atoms with Gasteiger partial charge in [-0.15, -0.1) is 0 Å². The SMILES string of the molecule is COc1cc(C(=O)N2CCNCC2)c(OCC(C)C)c(OC)c1OC. The van der Waals surface area contributed by atoms with E-state index in [1.165, 1.54) is 21.3 Å². The fraction of sp³-hybridized carbons (Fsp3) is 0.611. The summed E-state index contributed by atoms with van der Waals surface area (Å²) in [5, 5.41) is 3.24. The Balaban J connectivity index is 2.51. The van der Waals surface area contributed by atoms with Crippen molar-refractivity contribution in [2.75, 3.05) is 54.1 Å². The molecule has 1 aliphatic rings. The number of hydrogen-bond donors (Lipinski definition) is 1. The van der Waals surface area contributed by atoms with Crippen LogP contribution in [0, 0.1) is 5.92 Å². The number of nitrogens with zero attached hydrogens (tertiary/aromatic N) is 1. The first-order valence-electron chi connectivity index (χ1n) is 8.49. The Bertz CT molecular complexity index is 598. The Morgan fingerprint density at radius 1 is 1.08 bits per heavy atom. The first kappa shape index (κ1) is 19.2. The van der Waals surface area contributed by atoms with Crippen LogP contribution >= 0.6 is 0 Å². The largest absolute Gasteiger partial charge is 0.493 e. The fourth-order valence-corrected chi connectivity index (χ4v) is 2.72. The van der Waals surface area contributed by atoms with Crippen LogP contribution in [0.2, 0.25) is 0 Å². The molecule has 0 radical (unpaired) electrons. The van der Waals surface area contributed by atoms with E-state index < -0.39 is 0 Å². The molecular formula is C18H28N2O5. The second kappa shape index (κ2) is 8.80. The zero-order valence-corrected chi connectivity index (χ0v) is 15.7. The molecule has 1 aromatic carbocycles. The zero-order chi connectivity index (χ0) is 18.4. The molecule has 2 rings (SSSR count). The van der Waals surface area contributed by atoms with E-state index in [0.29, 0.717) is 54.2 Å². The first-order chi connectivity index (χ1) is 12.0. The van der Waals surface area contributed by atoms with Crippen molar-refractivity contribution in [3.63, 3.8) is 0 Å². The van der Waals surface area contributed by atoms with Crippen molar-refractivity contribution >= 4 is 5.91 Å². The monoisotopic (exact) mass is 352 g/mol. The van der Waals surface area contributed by atoms with Crippen molar-refractivity contribution in [1.29, 1.82) is 0 Å². The van der Waals surface area contributed by atoms with Crippen LogP contribution in [0.4, 0.5) is 0 Å². The summed E-state index contributed by atoms with van der Waals surface area (Å²) in [6, 6.07) is 1.67. The molecule has 0 atom stereocenters. The summed E-state index contributed by atoms with van der Waals surface area (Å²) >= 11 is 0. The van der Waals surface area contributed by atoms with Gasteiger partial charge < -0.3 is 29.2 Å². The molecule has 1 amide bonds. The number of nitrogens with one attached hydrogen (secondary N) is 1. The van der Waals surface area contributed by atoms with Gasteiger partial charge in [0.2, 0.25) is 11.5 Å². The first-order valence-corrected chi connectivity index (χ1v) is 8.49. The van der Waals surface area contributed by atoms with Crippen LogP contribution < -0.4 is 24.3 Å². The highest BCUT2D eigenvalue weighted by Gasteiger charge is 2.29. The summed E-state index contributed by atoms with van der Waals surface area (Å²) in [7, 11) is 4.59. The molecule has 0 aliphatic carbocycles. The van der Waals surface area contributed by atoms with Crippen molar-refractivity contribution in [2.24, 2.45) is 5.92 Å². The Kier molecular flexibility index (Phi) is 6.75. The van der Waals surface area contributed by atoms with Crippen molar-refractivity contribution in [3.05, 3.63) is 11.6 Å². The average molecular weight is 352 g/mol. The third kappa shape index (κ3) is 4.28. The van der Waals surface area contributed by atoms with Crippen LogP contribution in [0.1, 0.15) is 24.2 Å². The van der Waals surface area contributed by atoms with Crippen LogP contribution in [0.5, 0.6) is 23.0 Å². The average Bonchev–Trinajstić information content (AvgIpc) is 2.64. The summed E-state index contributed by atoms with van der Waals surface area (Å²) in [6.07, 6.45) is 0. The highest BCUT2D eigenvalue weighted by atomic mass is 16.5. The van der Waals surface area contributed by atoms with E-state index in [0.717, 1.165) is 13.1 Å². The van der Waals surface area contributed by atoms with Crippen molar-refractivity contribution in [2.45, 2.75) is 13.8 Å². The lowest BCUT2D eigenvalue weighted by molar-refractivity contribution is 0.0729. The Labute approximate surface area is 149 Å². The smallest absolute Gasteiger partial charge is 0.258 e. The normalized spacial score (nSPS) is 14.4. The number of carbonyl (C=O) groups is 1. The van der Waals surface area contributed by atoms with Crippen LogP contribution in [-0.4, -0.2) is 64.9 Å². The molecule has 7 heteroatoms. The van der Waals surface area contributed by atoms with Gasteiger partial charge in [0, 0.05) is 32.2 Å². The fourth-order valence-electron chi connectivity index (χ4n) is 2.72. The Morgan fingerprint density at radius 2 is 1.72 bits per heavy atom. The minimum atomic E-state index is -0.0977. The summed E-state index contributed by atoms with van der Waals surface area (Å²) < 4.78 is 22.3. The van der Waals surface area contributed by atoms with Gasteiger partial charge in [0.05, 0.1) is 33.5 Å². The summed E-state index contributed by atoms with van der Waals surface area (Å²) in [6.45, 7) is 7.42. The molecule has 0 spiro atoms. The maximum atomic E-state index is 13.1. The molecule has 140 valence electrons. The molecule has 1 saturated heterocycles. The number of carbonyl (C=O) groups excluding carboxylic acids is 1. The number of piperazine rings is 1. The number of methoxy groups -OCH3 is 3. The van der Waals surface area contributed by atoms with Crippen molar-refractivity contribution < 1.29 is 23.7 Å². The molecule has 0 unspecified atom stereocenters. The van der Waals surface area contributed by atoms with Gasteiger partial charge in [-0.05, 0) is 5.92 Å². The Morgan fingerprint density at radius 3 is 2.24 bits per heavy atom. The minimum Gasteiger partial charge on any atom is -0.493 e. The second-order valence-corrected chi connectivity index (χ2v) is 6.27. The summed E-state index contributed by atoms with van der Waals surface area (Å²) in [4.78, 5) is 14.9. The number of ether oxygens (including phenoxy) is 4. The number of hydrogen-bond acceptors (Lipinski definition) is 6. The highest BCUT2D eigenvalue weighted by Crippen LogP contribution is 2.47. The van der Waals surface area contributed by atoms with Gasteiger partial charge >= 0.3 is 0 Å². The van der Waals surface area contributed by atoms with E-state index in [1.807, 2.05) is 13.8 Å². The lowest BCUT2D eigenvalue weighted by Crippen LogP contribution is -2.46. The number of rotatable bonds is 7. The number of benzene rings is 1. The van der Waals surface area contributed by atoms with E-state index in [2.05, 4.69) is 5.32 Å².